The smallest absolute Gasteiger partial charge is 0.179 e. The number of hydrogen-bond acceptors (Lipinski definition) is 4. The standard InChI is InChI=1S/C53H38N4OSi/c1-53(2)44-24-11-13-26-46(44)57(52-50(53)49-42-23-10-14-27-47(42)58-48(49)34-55-52)35-16-15-21-38(32-35)59(36-17-5-3-6-18-36,37-19-7-4-8-20-37)39-28-29-40-41-22-9-12-25-45(41)56-31-30-54-51(56)43(40)33-39/h3-34H,1-2H3. The second kappa shape index (κ2) is 12.6. The van der Waals surface area contributed by atoms with Crippen LogP contribution in [-0.4, -0.2) is 22.4 Å². The van der Waals surface area contributed by atoms with E-state index in [2.05, 4.69) is 199 Å². The topological polar surface area (TPSA) is 46.6 Å². The Labute approximate surface area is 342 Å². The van der Waals surface area contributed by atoms with Crippen LogP contribution in [0.25, 0.3) is 49.3 Å². The average molecular weight is 775 g/mol. The maximum absolute atomic E-state index is 6.45. The lowest BCUT2D eigenvalue weighted by Crippen LogP contribution is -2.74. The first-order valence-corrected chi connectivity index (χ1v) is 22.2. The van der Waals surface area contributed by atoms with Crippen molar-refractivity contribution >= 4 is 95.3 Å². The molecule has 4 aromatic heterocycles. The number of nitrogens with zero attached hydrogens (tertiary/aromatic N) is 4. The van der Waals surface area contributed by atoms with Gasteiger partial charge in [-0.3, -0.25) is 9.30 Å². The third kappa shape index (κ3) is 4.72. The van der Waals surface area contributed by atoms with E-state index >= 15 is 0 Å². The van der Waals surface area contributed by atoms with Crippen LogP contribution >= 0.6 is 0 Å². The third-order valence-corrected chi connectivity index (χ3v) is 17.5. The first-order chi connectivity index (χ1) is 29.0. The van der Waals surface area contributed by atoms with Crippen LogP contribution in [0.2, 0.25) is 0 Å². The minimum Gasteiger partial charge on any atom is -0.454 e. The van der Waals surface area contributed by atoms with Crippen molar-refractivity contribution in [2.24, 2.45) is 0 Å². The lowest BCUT2D eigenvalue weighted by molar-refractivity contribution is 0.629. The van der Waals surface area contributed by atoms with Crippen molar-refractivity contribution in [1.29, 1.82) is 0 Å². The van der Waals surface area contributed by atoms with Crippen LogP contribution in [0.5, 0.6) is 0 Å². The number of imidazole rings is 1. The Morgan fingerprint density at radius 1 is 0.542 bits per heavy atom. The predicted molar refractivity (Wildman–Crippen MR) is 246 cm³/mol. The van der Waals surface area contributed by atoms with E-state index in [4.69, 9.17) is 14.4 Å². The fraction of sp³-hybridized carbons (Fsp3) is 0.0566. The van der Waals surface area contributed by atoms with E-state index in [1.807, 2.05) is 18.5 Å². The fourth-order valence-corrected chi connectivity index (χ4v) is 15.0. The molecule has 12 rings (SSSR count). The Morgan fingerprint density at radius 3 is 2.03 bits per heavy atom. The van der Waals surface area contributed by atoms with Crippen molar-refractivity contribution in [2.45, 2.75) is 19.3 Å². The van der Waals surface area contributed by atoms with E-state index in [1.165, 1.54) is 42.6 Å². The number of hydrogen-bond donors (Lipinski definition) is 0. The number of rotatable bonds is 5. The molecule has 0 spiro atoms. The Bertz CT molecular complexity index is 3400. The summed E-state index contributed by atoms with van der Waals surface area (Å²) < 4.78 is 8.68. The van der Waals surface area contributed by atoms with Gasteiger partial charge in [0.25, 0.3) is 0 Å². The van der Waals surface area contributed by atoms with E-state index in [9.17, 15) is 0 Å². The molecule has 59 heavy (non-hydrogen) atoms. The first-order valence-electron chi connectivity index (χ1n) is 20.2. The van der Waals surface area contributed by atoms with Gasteiger partial charge in [-0.25, -0.2) is 9.97 Å². The van der Waals surface area contributed by atoms with Crippen molar-refractivity contribution in [3.8, 4) is 0 Å². The SMILES string of the molecule is CC1(C)c2ccccc2N(c2cccc([Si](c3ccccc3)(c3ccccc3)c3ccc4c5ccccc5n5ccnc5c4c3)c2)c2ncc3oc4ccccc4c3c21. The number of fused-ring (bicyclic) bond motifs is 12. The maximum Gasteiger partial charge on any atom is 0.179 e. The molecule has 1 aliphatic heterocycles. The average Bonchev–Trinajstić information content (AvgIpc) is 3.94. The van der Waals surface area contributed by atoms with Gasteiger partial charge in [-0.05, 0) is 62.0 Å². The number of para-hydroxylation sites is 3. The summed E-state index contributed by atoms with van der Waals surface area (Å²) in [5, 5.41) is 11.0. The van der Waals surface area contributed by atoms with Gasteiger partial charge in [0, 0.05) is 50.6 Å². The summed E-state index contributed by atoms with van der Waals surface area (Å²) in [5.74, 6) is 0.927. The van der Waals surface area contributed by atoms with Gasteiger partial charge in [-0.2, -0.15) is 0 Å². The molecule has 0 atom stereocenters. The zero-order valence-corrected chi connectivity index (χ0v) is 33.7. The van der Waals surface area contributed by atoms with Gasteiger partial charge < -0.3 is 4.42 Å². The number of furan rings is 1. The minimum atomic E-state index is -3.03. The molecule has 11 aromatic rings. The van der Waals surface area contributed by atoms with Crippen LogP contribution in [0.4, 0.5) is 17.2 Å². The molecule has 0 N–H and O–H groups in total. The number of benzene rings is 7. The molecule has 0 saturated heterocycles. The second-order valence-electron chi connectivity index (χ2n) is 16.2. The number of pyridine rings is 2. The Balaban J connectivity index is 1.16. The van der Waals surface area contributed by atoms with Crippen LogP contribution < -0.4 is 25.6 Å². The normalized spacial score (nSPS) is 13.7. The zero-order valence-electron chi connectivity index (χ0n) is 32.7. The summed E-state index contributed by atoms with van der Waals surface area (Å²) in [5.41, 5.74) is 8.07. The Kier molecular flexibility index (Phi) is 7.23. The van der Waals surface area contributed by atoms with Gasteiger partial charge in [0.15, 0.2) is 13.7 Å². The molecular formula is C53H38N4OSi. The van der Waals surface area contributed by atoms with Crippen LogP contribution in [0.15, 0.2) is 199 Å². The van der Waals surface area contributed by atoms with E-state index in [0.29, 0.717) is 0 Å². The molecule has 0 saturated carbocycles. The molecule has 0 aliphatic carbocycles. The van der Waals surface area contributed by atoms with Crippen LogP contribution in [0.3, 0.4) is 0 Å². The number of aromatic nitrogens is 3. The van der Waals surface area contributed by atoms with Crippen molar-refractivity contribution in [1.82, 2.24) is 14.4 Å². The lowest BCUT2D eigenvalue weighted by Gasteiger charge is -2.42. The molecule has 0 bridgehead atoms. The molecule has 5 nitrogen and oxygen atoms in total. The van der Waals surface area contributed by atoms with Gasteiger partial charge in [0.1, 0.15) is 17.0 Å². The van der Waals surface area contributed by atoms with Crippen LogP contribution in [0, 0.1) is 0 Å². The minimum absolute atomic E-state index is 0.348. The van der Waals surface area contributed by atoms with Crippen LogP contribution in [-0.2, 0) is 5.41 Å². The highest BCUT2D eigenvalue weighted by Gasteiger charge is 2.44. The molecule has 5 heterocycles. The molecular weight excluding hydrogens is 737 g/mol. The van der Waals surface area contributed by atoms with Gasteiger partial charge in [-0.1, -0.05) is 159 Å². The largest absolute Gasteiger partial charge is 0.454 e. The monoisotopic (exact) mass is 774 g/mol. The Morgan fingerprint density at radius 2 is 1.22 bits per heavy atom. The summed E-state index contributed by atoms with van der Waals surface area (Å²) in [6.45, 7) is 4.65. The van der Waals surface area contributed by atoms with Crippen molar-refractivity contribution in [3.63, 3.8) is 0 Å². The van der Waals surface area contributed by atoms with Gasteiger partial charge >= 0.3 is 0 Å². The predicted octanol–water partition coefficient (Wildman–Crippen LogP) is 10.4. The van der Waals surface area contributed by atoms with Gasteiger partial charge in [0.2, 0.25) is 0 Å². The Hall–Kier alpha value is -7.28. The van der Waals surface area contributed by atoms with Crippen molar-refractivity contribution in [3.05, 3.63) is 206 Å². The van der Waals surface area contributed by atoms with Crippen LogP contribution in [0.1, 0.15) is 25.0 Å². The molecule has 0 fully saturated rings. The number of anilines is 3. The quantitative estimate of drug-likeness (QED) is 0.0993. The summed E-state index contributed by atoms with van der Waals surface area (Å²) in [6, 6.07) is 64.6. The van der Waals surface area contributed by atoms with E-state index in [1.54, 1.807) is 0 Å². The second-order valence-corrected chi connectivity index (χ2v) is 20.0. The molecule has 6 heteroatoms. The van der Waals surface area contributed by atoms with E-state index in [-0.39, 0.29) is 5.41 Å². The molecule has 0 unspecified atom stereocenters. The fourth-order valence-electron chi connectivity index (χ4n) is 10.2. The maximum atomic E-state index is 6.45. The summed E-state index contributed by atoms with van der Waals surface area (Å²) in [7, 11) is -3.03. The van der Waals surface area contributed by atoms with E-state index in [0.717, 1.165) is 55.7 Å². The molecule has 0 radical (unpaired) electrons. The van der Waals surface area contributed by atoms with E-state index < -0.39 is 8.07 Å². The molecule has 7 aromatic carbocycles. The molecule has 0 amide bonds. The first kappa shape index (κ1) is 33.8. The highest BCUT2D eigenvalue weighted by Crippen LogP contribution is 2.54. The lowest BCUT2D eigenvalue weighted by atomic mass is 9.73. The third-order valence-electron chi connectivity index (χ3n) is 12.8. The van der Waals surface area contributed by atoms with Gasteiger partial charge in [-0.15, -0.1) is 0 Å². The molecule has 280 valence electrons. The highest BCUT2D eigenvalue weighted by atomic mass is 28.3. The summed E-state index contributed by atoms with van der Waals surface area (Å²) >= 11 is 0. The van der Waals surface area contributed by atoms with Crippen molar-refractivity contribution in [2.75, 3.05) is 4.90 Å². The zero-order chi connectivity index (χ0) is 39.3. The van der Waals surface area contributed by atoms with Gasteiger partial charge in [0.05, 0.1) is 17.4 Å². The highest BCUT2D eigenvalue weighted by molar-refractivity contribution is 7.20. The summed E-state index contributed by atoms with van der Waals surface area (Å²) in [4.78, 5) is 12.6. The van der Waals surface area contributed by atoms with Crippen molar-refractivity contribution < 1.29 is 4.42 Å². The summed E-state index contributed by atoms with van der Waals surface area (Å²) in [6.07, 6.45) is 5.91. The molecule has 1 aliphatic rings.